The number of H-pyrrole nitrogens is 1. The van der Waals surface area contributed by atoms with Gasteiger partial charge in [-0.3, -0.25) is 0 Å². The van der Waals surface area contributed by atoms with E-state index in [0.29, 0.717) is 12.4 Å². The van der Waals surface area contributed by atoms with E-state index in [0.717, 1.165) is 11.0 Å². The van der Waals surface area contributed by atoms with E-state index in [1.807, 2.05) is 31.2 Å². The van der Waals surface area contributed by atoms with Gasteiger partial charge in [-0.15, -0.1) is 0 Å². The standard InChI is InChI=1S/C13H15N5O2S/c1-2-18-8-13(14-9-18)21(19,20)15-7-12-16-10-5-3-4-6-11(10)17-12/h3-6,8-9,15H,2,7H2,1H3,(H,16,17). The van der Waals surface area contributed by atoms with Gasteiger partial charge in [0.1, 0.15) is 5.82 Å². The third-order valence-corrected chi connectivity index (χ3v) is 4.40. The van der Waals surface area contributed by atoms with Crippen LogP contribution in [0.5, 0.6) is 0 Å². The summed E-state index contributed by atoms with van der Waals surface area (Å²) in [4.78, 5) is 11.3. The summed E-state index contributed by atoms with van der Waals surface area (Å²) in [5.41, 5.74) is 1.68. The van der Waals surface area contributed by atoms with E-state index in [9.17, 15) is 8.42 Å². The van der Waals surface area contributed by atoms with Gasteiger partial charge in [0.05, 0.1) is 23.9 Å². The van der Waals surface area contributed by atoms with E-state index in [-0.39, 0.29) is 11.6 Å². The number of imidazole rings is 2. The maximum atomic E-state index is 12.1. The summed E-state index contributed by atoms with van der Waals surface area (Å²) < 4.78 is 28.4. The molecule has 8 heteroatoms. The SMILES string of the molecule is CCn1cnc(S(=O)(=O)NCc2nc3ccccc3[nH]2)c1. The largest absolute Gasteiger partial charge is 0.341 e. The zero-order chi connectivity index (χ0) is 14.9. The predicted molar refractivity (Wildman–Crippen MR) is 78.0 cm³/mol. The lowest BCUT2D eigenvalue weighted by atomic mass is 10.3. The number of aromatic amines is 1. The minimum atomic E-state index is -3.63. The highest BCUT2D eigenvalue weighted by molar-refractivity contribution is 7.89. The van der Waals surface area contributed by atoms with Crippen molar-refractivity contribution in [2.45, 2.75) is 25.0 Å². The number of hydrogen-bond acceptors (Lipinski definition) is 4. The zero-order valence-electron chi connectivity index (χ0n) is 11.4. The van der Waals surface area contributed by atoms with Crippen LogP contribution in [0, 0.1) is 0 Å². The van der Waals surface area contributed by atoms with E-state index < -0.39 is 10.0 Å². The van der Waals surface area contributed by atoms with Gasteiger partial charge in [-0.25, -0.2) is 23.1 Å². The Kier molecular flexibility index (Phi) is 3.48. The summed E-state index contributed by atoms with van der Waals surface area (Å²) >= 11 is 0. The Labute approximate surface area is 122 Å². The molecule has 0 aliphatic carbocycles. The lowest BCUT2D eigenvalue weighted by molar-refractivity contribution is 0.576. The van der Waals surface area contributed by atoms with Gasteiger partial charge in [0.15, 0.2) is 5.03 Å². The number of benzene rings is 1. The van der Waals surface area contributed by atoms with E-state index in [1.54, 1.807) is 4.57 Å². The molecule has 0 saturated heterocycles. The molecule has 2 heterocycles. The first-order chi connectivity index (χ1) is 10.1. The van der Waals surface area contributed by atoms with Gasteiger partial charge in [0.25, 0.3) is 10.0 Å². The lowest BCUT2D eigenvalue weighted by Gasteiger charge is -2.01. The minimum Gasteiger partial charge on any atom is -0.341 e. The molecule has 2 aromatic heterocycles. The van der Waals surface area contributed by atoms with Crippen LogP contribution in [0.15, 0.2) is 41.8 Å². The first-order valence-electron chi connectivity index (χ1n) is 6.53. The molecule has 0 aliphatic heterocycles. The Morgan fingerprint density at radius 3 is 2.86 bits per heavy atom. The average molecular weight is 305 g/mol. The third kappa shape index (κ3) is 2.81. The van der Waals surface area contributed by atoms with Crippen molar-refractivity contribution >= 4 is 21.1 Å². The number of sulfonamides is 1. The van der Waals surface area contributed by atoms with Crippen LogP contribution < -0.4 is 4.72 Å². The monoisotopic (exact) mass is 305 g/mol. The molecule has 0 aliphatic rings. The van der Waals surface area contributed by atoms with Gasteiger partial charge in [0.2, 0.25) is 0 Å². The van der Waals surface area contributed by atoms with E-state index in [2.05, 4.69) is 19.7 Å². The number of hydrogen-bond donors (Lipinski definition) is 2. The normalized spacial score (nSPS) is 12.0. The smallest absolute Gasteiger partial charge is 0.259 e. The van der Waals surface area contributed by atoms with Crippen molar-refractivity contribution in [3.63, 3.8) is 0 Å². The molecule has 110 valence electrons. The van der Waals surface area contributed by atoms with Crippen LogP contribution in [0.2, 0.25) is 0 Å². The van der Waals surface area contributed by atoms with Crippen LogP contribution in [-0.4, -0.2) is 27.9 Å². The van der Waals surface area contributed by atoms with Gasteiger partial charge in [-0.1, -0.05) is 12.1 Å². The Morgan fingerprint density at radius 2 is 2.14 bits per heavy atom. The highest BCUT2D eigenvalue weighted by atomic mass is 32.2. The molecule has 21 heavy (non-hydrogen) atoms. The maximum Gasteiger partial charge on any atom is 0.259 e. The fourth-order valence-electron chi connectivity index (χ4n) is 1.98. The fraction of sp³-hybridized carbons (Fsp3) is 0.231. The molecule has 7 nitrogen and oxygen atoms in total. The number of fused-ring (bicyclic) bond motifs is 1. The molecule has 0 amide bonds. The van der Waals surface area contributed by atoms with Crippen LogP contribution in [0.1, 0.15) is 12.7 Å². The number of para-hydroxylation sites is 2. The van der Waals surface area contributed by atoms with Crippen LogP contribution in [0.4, 0.5) is 0 Å². The first kappa shape index (κ1) is 13.8. The molecule has 0 fully saturated rings. The topological polar surface area (TPSA) is 92.7 Å². The quantitative estimate of drug-likeness (QED) is 0.742. The summed E-state index contributed by atoms with van der Waals surface area (Å²) in [5, 5.41) is 0.0143. The predicted octanol–water partition coefficient (Wildman–Crippen LogP) is 1.26. The van der Waals surface area contributed by atoms with Crippen LogP contribution >= 0.6 is 0 Å². The number of nitrogens with one attached hydrogen (secondary N) is 2. The van der Waals surface area contributed by atoms with Crippen molar-refractivity contribution in [1.29, 1.82) is 0 Å². The molecule has 3 rings (SSSR count). The zero-order valence-corrected chi connectivity index (χ0v) is 12.3. The second-order valence-electron chi connectivity index (χ2n) is 4.57. The first-order valence-corrected chi connectivity index (χ1v) is 8.02. The van der Waals surface area contributed by atoms with Gasteiger partial charge >= 0.3 is 0 Å². The summed E-state index contributed by atoms with van der Waals surface area (Å²) in [7, 11) is -3.63. The Bertz CT molecular complexity index is 832. The molecule has 0 atom stereocenters. The Balaban J connectivity index is 1.76. The summed E-state index contributed by atoms with van der Waals surface area (Å²) in [6, 6.07) is 7.54. The third-order valence-electron chi connectivity index (χ3n) is 3.12. The highest BCUT2D eigenvalue weighted by Crippen LogP contribution is 2.11. The Morgan fingerprint density at radius 1 is 1.33 bits per heavy atom. The van der Waals surface area contributed by atoms with Crippen LogP contribution in [0.3, 0.4) is 0 Å². The summed E-state index contributed by atoms with van der Waals surface area (Å²) in [6.45, 7) is 2.68. The minimum absolute atomic E-state index is 0.0143. The second kappa shape index (κ2) is 5.30. The molecule has 0 radical (unpaired) electrons. The lowest BCUT2D eigenvalue weighted by Crippen LogP contribution is -2.24. The average Bonchev–Trinajstić information content (AvgIpc) is 3.11. The van der Waals surface area contributed by atoms with Crippen molar-refractivity contribution in [2.24, 2.45) is 0 Å². The summed E-state index contributed by atoms with van der Waals surface area (Å²) in [6.07, 6.45) is 3.00. The van der Waals surface area contributed by atoms with Gasteiger partial charge < -0.3 is 9.55 Å². The molecule has 1 aromatic carbocycles. The number of rotatable bonds is 5. The van der Waals surface area contributed by atoms with Crippen LogP contribution in [0.25, 0.3) is 11.0 Å². The fourth-order valence-corrected chi connectivity index (χ4v) is 2.91. The van der Waals surface area contributed by atoms with Crippen molar-refractivity contribution in [3.05, 3.63) is 42.6 Å². The van der Waals surface area contributed by atoms with Gasteiger partial charge in [0, 0.05) is 12.7 Å². The molecule has 0 spiro atoms. The molecule has 0 bridgehead atoms. The molecular weight excluding hydrogens is 290 g/mol. The number of nitrogens with zero attached hydrogens (tertiary/aromatic N) is 3. The van der Waals surface area contributed by atoms with Crippen LogP contribution in [-0.2, 0) is 23.1 Å². The Hall–Kier alpha value is -2.19. The molecular formula is C13H15N5O2S. The van der Waals surface area contributed by atoms with E-state index in [4.69, 9.17) is 0 Å². The van der Waals surface area contributed by atoms with Crippen molar-refractivity contribution < 1.29 is 8.42 Å². The van der Waals surface area contributed by atoms with Crippen molar-refractivity contribution in [1.82, 2.24) is 24.2 Å². The molecule has 0 saturated carbocycles. The van der Waals surface area contributed by atoms with Gasteiger partial charge in [-0.05, 0) is 19.1 Å². The van der Waals surface area contributed by atoms with E-state index in [1.165, 1.54) is 12.5 Å². The molecule has 0 unspecified atom stereocenters. The number of aryl methyl sites for hydroxylation is 1. The van der Waals surface area contributed by atoms with Crippen molar-refractivity contribution in [3.8, 4) is 0 Å². The second-order valence-corrected chi connectivity index (χ2v) is 6.28. The maximum absolute atomic E-state index is 12.1. The molecule has 2 N–H and O–H groups in total. The van der Waals surface area contributed by atoms with Crippen molar-refractivity contribution in [2.75, 3.05) is 0 Å². The number of aromatic nitrogens is 4. The van der Waals surface area contributed by atoms with E-state index >= 15 is 0 Å². The van der Waals surface area contributed by atoms with Gasteiger partial charge in [-0.2, -0.15) is 0 Å². The highest BCUT2D eigenvalue weighted by Gasteiger charge is 2.17. The summed E-state index contributed by atoms with van der Waals surface area (Å²) in [5.74, 6) is 0.565. The molecule has 3 aromatic rings.